The molecule has 0 aliphatic carbocycles. The van der Waals surface area contributed by atoms with Crippen molar-refractivity contribution < 1.29 is 9.59 Å². The zero-order valence-corrected chi connectivity index (χ0v) is 12.1. The van der Waals surface area contributed by atoms with Crippen LogP contribution in [0.25, 0.3) is 10.9 Å². The number of hydrogen-bond acceptors (Lipinski definition) is 6. The van der Waals surface area contributed by atoms with Gasteiger partial charge in [0.15, 0.2) is 11.5 Å². The Labute approximate surface area is 130 Å². The van der Waals surface area contributed by atoms with Gasteiger partial charge < -0.3 is 0 Å². The summed E-state index contributed by atoms with van der Waals surface area (Å²) < 4.78 is 0. The van der Waals surface area contributed by atoms with Gasteiger partial charge >= 0.3 is 6.03 Å². The molecule has 23 heavy (non-hydrogen) atoms. The lowest BCUT2D eigenvalue weighted by Crippen LogP contribution is -2.41. The standard InChI is InChI=1S/C15H10N6O2/c1-7-8-4-2-3-5-9(8)17-10(16-7)6-11-18-12-13(19-11)20-15(23)21-14(12)22/h2-5H,6H2,1H3,(H,21,22,23). The van der Waals surface area contributed by atoms with Crippen LogP contribution in [0.3, 0.4) is 0 Å². The number of aryl methyl sites for hydroxylation is 1. The molecule has 2 aliphatic rings. The van der Waals surface area contributed by atoms with E-state index in [4.69, 9.17) is 0 Å². The van der Waals surface area contributed by atoms with E-state index in [9.17, 15) is 9.59 Å². The predicted octanol–water partition coefficient (Wildman–Crippen LogP) is 0.982. The molecule has 0 fully saturated rings. The molecule has 112 valence electrons. The van der Waals surface area contributed by atoms with Crippen LogP contribution in [0, 0.1) is 6.92 Å². The summed E-state index contributed by atoms with van der Waals surface area (Å²) in [6.45, 7) is 1.91. The number of urea groups is 1. The summed E-state index contributed by atoms with van der Waals surface area (Å²) in [4.78, 5) is 43.7. The van der Waals surface area contributed by atoms with Crippen LogP contribution in [-0.2, 0) is 11.2 Å². The Bertz CT molecular complexity index is 973. The number of amides is 3. The van der Waals surface area contributed by atoms with E-state index >= 15 is 0 Å². The van der Waals surface area contributed by atoms with E-state index < -0.39 is 11.9 Å². The number of rotatable bonds is 2. The second-order valence-corrected chi connectivity index (χ2v) is 5.10. The van der Waals surface area contributed by atoms with Crippen LogP contribution in [0.5, 0.6) is 0 Å². The molecular weight excluding hydrogens is 296 g/mol. The Morgan fingerprint density at radius 2 is 1.87 bits per heavy atom. The molecule has 1 aromatic carbocycles. The number of carbonyl (C=O) groups excluding carboxylic acids is 2. The summed E-state index contributed by atoms with van der Waals surface area (Å²) in [6, 6.07) is 6.98. The molecule has 1 aromatic heterocycles. The number of aromatic nitrogens is 2. The molecule has 3 amide bonds. The summed E-state index contributed by atoms with van der Waals surface area (Å²) >= 11 is 0. The molecular formula is C15H10N6O2. The van der Waals surface area contributed by atoms with E-state index in [2.05, 4.69) is 30.3 Å². The zero-order valence-electron chi connectivity index (χ0n) is 12.1. The van der Waals surface area contributed by atoms with E-state index in [1.165, 1.54) is 0 Å². The highest BCUT2D eigenvalue weighted by atomic mass is 16.2. The summed E-state index contributed by atoms with van der Waals surface area (Å²) in [5, 5.41) is 3.05. The third-order valence-electron chi connectivity index (χ3n) is 3.49. The fourth-order valence-electron chi connectivity index (χ4n) is 2.48. The number of nitrogens with one attached hydrogen (secondary N) is 1. The molecule has 0 saturated heterocycles. The van der Waals surface area contributed by atoms with Crippen molar-refractivity contribution in [3.05, 3.63) is 35.8 Å². The largest absolute Gasteiger partial charge is 0.350 e. The first kappa shape index (κ1) is 13.4. The fourth-order valence-corrected chi connectivity index (χ4v) is 2.48. The number of benzene rings is 1. The van der Waals surface area contributed by atoms with Gasteiger partial charge in [0.25, 0.3) is 5.91 Å². The quantitative estimate of drug-likeness (QED) is 0.891. The Kier molecular flexibility index (Phi) is 2.83. The van der Waals surface area contributed by atoms with Crippen LogP contribution < -0.4 is 5.32 Å². The monoisotopic (exact) mass is 306 g/mol. The summed E-state index contributed by atoms with van der Waals surface area (Å²) in [7, 11) is 0. The third kappa shape index (κ3) is 2.30. The topological polar surface area (TPSA) is 109 Å². The average molecular weight is 306 g/mol. The Hall–Kier alpha value is -3.29. The summed E-state index contributed by atoms with van der Waals surface area (Å²) in [6.07, 6.45) is 0.260. The normalized spacial score (nSPS) is 16.7. The molecule has 8 nitrogen and oxygen atoms in total. The second kappa shape index (κ2) is 4.87. The lowest BCUT2D eigenvalue weighted by Gasteiger charge is -2.05. The Balaban J connectivity index is 1.70. The maximum Gasteiger partial charge on any atom is 0.350 e. The van der Waals surface area contributed by atoms with E-state index in [0.29, 0.717) is 11.7 Å². The first-order valence-electron chi connectivity index (χ1n) is 6.93. The van der Waals surface area contributed by atoms with Crippen molar-refractivity contribution in [1.82, 2.24) is 15.3 Å². The first-order valence-corrected chi connectivity index (χ1v) is 6.93. The molecule has 0 atom stereocenters. The highest BCUT2D eigenvalue weighted by Gasteiger charge is 2.31. The van der Waals surface area contributed by atoms with Gasteiger partial charge in [0.05, 0.1) is 11.9 Å². The van der Waals surface area contributed by atoms with Crippen molar-refractivity contribution in [3.8, 4) is 0 Å². The van der Waals surface area contributed by atoms with E-state index in [0.717, 1.165) is 16.6 Å². The molecule has 8 heteroatoms. The zero-order chi connectivity index (χ0) is 16.0. The minimum absolute atomic E-state index is 0.0475. The van der Waals surface area contributed by atoms with Gasteiger partial charge in [0.2, 0.25) is 0 Å². The molecule has 2 aromatic rings. The van der Waals surface area contributed by atoms with Crippen molar-refractivity contribution in [1.29, 1.82) is 0 Å². The van der Waals surface area contributed by atoms with Crippen LogP contribution in [0.1, 0.15) is 11.5 Å². The molecule has 1 N–H and O–H groups in total. The molecule has 4 rings (SSSR count). The van der Waals surface area contributed by atoms with E-state index in [1.54, 1.807) is 0 Å². The van der Waals surface area contributed by atoms with Crippen molar-refractivity contribution in [3.63, 3.8) is 0 Å². The van der Waals surface area contributed by atoms with Crippen LogP contribution in [0.15, 0.2) is 39.2 Å². The van der Waals surface area contributed by atoms with Gasteiger partial charge in [-0.1, -0.05) is 18.2 Å². The van der Waals surface area contributed by atoms with Gasteiger partial charge in [0, 0.05) is 11.1 Å². The van der Waals surface area contributed by atoms with Gasteiger partial charge in [-0.2, -0.15) is 4.99 Å². The van der Waals surface area contributed by atoms with Crippen LogP contribution in [0.4, 0.5) is 4.79 Å². The average Bonchev–Trinajstić information content (AvgIpc) is 2.90. The van der Waals surface area contributed by atoms with Crippen molar-refractivity contribution in [2.45, 2.75) is 13.3 Å². The number of carbonyl (C=O) groups is 2. The van der Waals surface area contributed by atoms with Crippen LogP contribution in [-0.4, -0.2) is 39.3 Å². The van der Waals surface area contributed by atoms with E-state index in [1.807, 2.05) is 31.2 Å². The fraction of sp³-hybridized carbons (Fsp3) is 0.133. The highest BCUT2D eigenvalue weighted by molar-refractivity contribution is 6.72. The smallest absolute Gasteiger partial charge is 0.271 e. The van der Waals surface area contributed by atoms with Crippen molar-refractivity contribution in [2.75, 3.05) is 0 Å². The molecule has 0 bridgehead atoms. The number of aliphatic imine (C=N–C) groups is 3. The van der Waals surface area contributed by atoms with Gasteiger partial charge in [-0.3, -0.25) is 10.1 Å². The molecule has 2 aliphatic heterocycles. The number of amidine groups is 2. The third-order valence-corrected chi connectivity index (χ3v) is 3.49. The summed E-state index contributed by atoms with van der Waals surface area (Å²) in [5.41, 5.74) is 1.75. The van der Waals surface area contributed by atoms with E-state index in [-0.39, 0.29) is 18.0 Å². The van der Waals surface area contributed by atoms with Gasteiger partial charge in [-0.15, -0.1) is 0 Å². The molecule has 0 unspecified atom stereocenters. The molecule has 3 heterocycles. The molecule has 0 saturated carbocycles. The molecule has 0 spiro atoms. The summed E-state index contributed by atoms with van der Waals surface area (Å²) in [5.74, 6) is 0.370. The lowest BCUT2D eigenvalue weighted by atomic mass is 10.2. The Morgan fingerprint density at radius 1 is 1.04 bits per heavy atom. The van der Waals surface area contributed by atoms with Crippen molar-refractivity contribution >= 4 is 40.2 Å². The minimum Gasteiger partial charge on any atom is -0.271 e. The van der Waals surface area contributed by atoms with Crippen molar-refractivity contribution in [2.24, 2.45) is 15.0 Å². The molecule has 0 radical (unpaired) electrons. The van der Waals surface area contributed by atoms with Gasteiger partial charge in [0.1, 0.15) is 11.7 Å². The second-order valence-electron chi connectivity index (χ2n) is 5.10. The first-order chi connectivity index (χ1) is 11.1. The number of fused-ring (bicyclic) bond motifs is 2. The Morgan fingerprint density at radius 3 is 2.74 bits per heavy atom. The number of imide groups is 1. The lowest BCUT2D eigenvalue weighted by molar-refractivity contribution is -0.113. The predicted molar refractivity (Wildman–Crippen MR) is 83.8 cm³/mol. The van der Waals surface area contributed by atoms with Gasteiger partial charge in [-0.25, -0.2) is 24.7 Å². The number of para-hydroxylation sites is 1. The van der Waals surface area contributed by atoms with Gasteiger partial charge in [-0.05, 0) is 13.0 Å². The maximum absolute atomic E-state index is 11.7. The minimum atomic E-state index is -0.730. The maximum atomic E-state index is 11.7. The highest BCUT2D eigenvalue weighted by Crippen LogP contribution is 2.16. The van der Waals surface area contributed by atoms with Crippen LogP contribution in [0.2, 0.25) is 0 Å². The SMILES string of the molecule is Cc1nc(CC2=NC3=NC(=O)NC(=O)C3=N2)nc2ccccc12. The number of nitrogens with zero attached hydrogens (tertiary/aromatic N) is 5. The number of hydrogen-bond donors (Lipinski definition) is 1. The van der Waals surface area contributed by atoms with Crippen LogP contribution >= 0.6 is 0 Å².